The van der Waals surface area contributed by atoms with E-state index < -0.39 is 80.7 Å². The number of ether oxygens (including phenoxy) is 6. The summed E-state index contributed by atoms with van der Waals surface area (Å²) >= 11 is 0. The third kappa shape index (κ3) is 31.5. The molecular formula is C58H102O14. The van der Waals surface area contributed by atoms with Crippen molar-refractivity contribution in [3.63, 3.8) is 0 Å². The molecule has 2 aliphatic heterocycles. The van der Waals surface area contributed by atoms with E-state index in [0.717, 1.165) is 83.5 Å². The molecule has 0 aromatic heterocycles. The second kappa shape index (κ2) is 44.9. The van der Waals surface area contributed by atoms with Gasteiger partial charge in [-0.1, -0.05) is 177 Å². The van der Waals surface area contributed by atoms with Gasteiger partial charge >= 0.3 is 5.97 Å². The number of esters is 1. The Morgan fingerprint density at radius 2 is 0.903 bits per heavy atom. The van der Waals surface area contributed by atoms with E-state index in [-0.39, 0.29) is 25.6 Å². The van der Waals surface area contributed by atoms with E-state index in [4.69, 9.17) is 28.4 Å². The quantitative estimate of drug-likeness (QED) is 0.0172. The average Bonchev–Trinajstić information content (AvgIpc) is 3.38. The number of aliphatic hydroxyl groups is 7. The minimum Gasteiger partial charge on any atom is -0.457 e. The molecule has 418 valence electrons. The van der Waals surface area contributed by atoms with Crippen LogP contribution in [0.1, 0.15) is 200 Å². The molecule has 0 spiro atoms. The molecular weight excluding hydrogens is 921 g/mol. The van der Waals surface area contributed by atoms with Crippen molar-refractivity contribution in [2.75, 3.05) is 33.0 Å². The molecule has 72 heavy (non-hydrogen) atoms. The molecule has 2 aliphatic rings. The fraction of sp³-hybridized carbons (Fsp3) is 0.810. The van der Waals surface area contributed by atoms with Gasteiger partial charge in [0.25, 0.3) is 0 Å². The Morgan fingerprint density at radius 3 is 1.43 bits per heavy atom. The largest absolute Gasteiger partial charge is 0.457 e. The lowest BCUT2D eigenvalue weighted by atomic mass is 9.98. The molecule has 11 atom stereocenters. The summed E-state index contributed by atoms with van der Waals surface area (Å²) in [6, 6.07) is 0. The summed E-state index contributed by atoms with van der Waals surface area (Å²) in [5.74, 6) is -0.387. The van der Waals surface area contributed by atoms with Gasteiger partial charge in [-0.05, 0) is 77.0 Å². The standard InChI is InChI=1S/C58H102O14/c1-3-5-7-9-11-13-15-17-18-19-20-21-22-23-24-25-26-27-28-29-30-32-34-36-38-40-42-67-44-47(70-50(60)41-39-37-35-33-31-16-14-12-10-8-6-4-2)45-68-57-56(66)54(64)52(62)49(72-57)46-69-58-55(65)53(63)51(61)48(43-59)71-58/h5,7,11-14,17-18,20-21,47-49,51-59,61-66H,3-4,6,8-10,15-16,19,22-46H2,1-2H3/b7-5-,13-11-,14-12-,18-17-,21-20-. The monoisotopic (exact) mass is 1020 g/mol. The van der Waals surface area contributed by atoms with Crippen LogP contribution in [0.5, 0.6) is 0 Å². The van der Waals surface area contributed by atoms with Crippen LogP contribution in [0.3, 0.4) is 0 Å². The maximum Gasteiger partial charge on any atom is 0.306 e. The summed E-state index contributed by atoms with van der Waals surface area (Å²) in [7, 11) is 0. The number of allylic oxidation sites excluding steroid dienone is 10. The van der Waals surface area contributed by atoms with Gasteiger partial charge in [-0.2, -0.15) is 0 Å². The molecule has 11 unspecified atom stereocenters. The minimum absolute atomic E-state index is 0.0562. The van der Waals surface area contributed by atoms with Crippen LogP contribution in [-0.2, 0) is 33.2 Å². The summed E-state index contributed by atoms with van der Waals surface area (Å²) in [4.78, 5) is 13.0. The number of carbonyl (C=O) groups is 1. The fourth-order valence-electron chi connectivity index (χ4n) is 8.68. The van der Waals surface area contributed by atoms with Crippen molar-refractivity contribution in [2.24, 2.45) is 0 Å². The zero-order valence-corrected chi connectivity index (χ0v) is 44.7. The molecule has 0 radical (unpaired) electrons. The van der Waals surface area contributed by atoms with Gasteiger partial charge < -0.3 is 64.2 Å². The third-order valence-electron chi connectivity index (χ3n) is 13.3. The molecule has 2 saturated heterocycles. The van der Waals surface area contributed by atoms with E-state index >= 15 is 0 Å². The van der Waals surface area contributed by atoms with Gasteiger partial charge in [0, 0.05) is 13.0 Å². The number of rotatable bonds is 45. The van der Waals surface area contributed by atoms with Crippen molar-refractivity contribution in [2.45, 2.75) is 268 Å². The highest BCUT2D eigenvalue weighted by Gasteiger charge is 2.47. The second-order valence-corrected chi connectivity index (χ2v) is 19.7. The fourth-order valence-corrected chi connectivity index (χ4v) is 8.68. The second-order valence-electron chi connectivity index (χ2n) is 19.7. The van der Waals surface area contributed by atoms with Crippen LogP contribution in [0.25, 0.3) is 0 Å². The van der Waals surface area contributed by atoms with E-state index in [0.29, 0.717) is 13.0 Å². The normalized spacial score (nSPS) is 25.6. The number of hydrogen-bond acceptors (Lipinski definition) is 14. The van der Waals surface area contributed by atoms with Gasteiger partial charge in [-0.3, -0.25) is 4.79 Å². The van der Waals surface area contributed by atoms with Crippen molar-refractivity contribution in [3.05, 3.63) is 60.8 Å². The Morgan fingerprint density at radius 1 is 0.472 bits per heavy atom. The van der Waals surface area contributed by atoms with Crippen LogP contribution in [0.2, 0.25) is 0 Å². The first-order valence-corrected chi connectivity index (χ1v) is 28.4. The predicted molar refractivity (Wildman–Crippen MR) is 284 cm³/mol. The van der Waals surface area contributed by atoms with Crippen LogP contribution in [0, 0.1) is 0 Å². The zero-order chi connectivity index (χ0) is 52.3. The molecule has 0 bridgehead atoms. The van der Waals surface area contributed by atoms with Crippen molar-refractivity contribution < 1.29 is 69.0 Å². The maximum atomic E-state index is 13.0. The molecule has 0 saturated carbocycles. The van der Waals surface area contributed by atoms with Crippen LogP contribution >= 0.6 is 0 Å². The Balaban J connectivity index is 1.67. The molecule has 2 rings (SSSR count). The van der Waals surface area contributed by atoms with Crippen LogP contribution < -0.4 is 0 Å². The summed E-state index contributed by atoms with van der Waals surface area (Å²) < 4.78 is 34.3. The molecule has 0 amide bonds. The summed E-state index contributed by atoms with van der Waals surface area (Å²) in [5, 5.41) is 72.2. The summed E-state index contributed by atoms with van der Waals surface area (Å²) in [5.41, 5.74) is 0. The number of aliphatic hydroxyl groups excluding tert-OH is 7. The minimum atomic E-state index is -1.71. The number of hydrogen-bond donors (Lipinski definition) is 7. The molecule has 2 heterocycles. The van der Waals surface area contributed by atoms with Gasteiger partial charge in [0.1, 0.15) is 54.9 Å². The first-order chi connectivity index (χ1) is 35.1. The molecule has 7 N–H and O–H groups in total. The Hall–Kier alpha value is -2.31. The highest BCUT2D eigenvalue weighted by molar-refractivity contribution is 5.69. The topological polar surface area (TPSA) is 214 Å². The average molecular weight is 1020 g/mol. The van der Waals surface area contributed by atoms with Gasteiger partial charge in [0.15, 0.2) is 12.6 Å². The van der Waals surface area contributed by atoms with Gasteiger partial charge in [0.2, 0.25) is 0 Å². The van der Waals surface area contributed by atoms with Gasteiger partial charge in [-0.15, -0.1) is 0 Å². The molecule has 0 aliphatic carbocycles. The Labute approximate surface area is 434 Å². The van der Waals surface area contributed by atoms with E-state index in [2.05, 4.69) is 74.6 Å². The first kappa shape index (κ1) is 65.8. The summed E-state index contributed by atoms with van der Waals surface area (Å²) in [6.45, 7) is 3.54. The highest BCUT2D eigenvalue weighted by Crippen LogP contribution is 2.26. The molecule has 0 aromatic carbocycles. The zero-order valence-electron chi connectivity index (χ0n) is 44.7. The molecule has 14 nitrogen and oxygen atoms in total. The third-order valence-corrected chi connectivity index (χ3v) is 13.3. The lowest BCUT2D eigenvalue weighted by Crippen LogP contribution is -2.61. The van der Waals surface area contributed by atoms with Crippen LogP contribution in [0.15, 0.2) is 60.8 Å². The maximum absolute atomic E-state index is 13.0. The Kier molecular flexibility index (Phi) is 41.1. The van der Waals surface area contributed by atoms with Gasteiger partial charge in [0.05, 0.1) is 26.4 Å². The predicted octanol–water partition coefficient (Wildman–Crippen LogP) is 9.69. The molecule has 14 heteroatoms. The number of carbonyl (C=O) groups excluding carboxylic acids is 1. The van der Waals surface area contributed by atoms with E-state index in [1.807, 2.05) is 0 Å². The number of unbranched alkanes of at least 4 members (excludes halogenated alkanes) is 21. The van der Waals surface area contributed by atoms with Gasteiger partial charge in [-0.25, -0.2) is 0 Å². The van der Waals surface area contributed by atoms with Crippen LogP contribution in [-0.4, -0.2) is 142 Å². The van der Waals surface area contributed by atoms with E-state index in [9.17, 15) is 40.5 Å². The van der Waals surface area contributed by atoms with Crippen molar-refractivity contribution in [3.8, 4) is 0 Å². The van der Waals surface area contributed by atoms with Crippen molar-refractivity contribution >= 4 is 5.97 Å². The highest BCUT2D eigenvalue weighted by atomic mass is 16.7. The SMILES string of the molecule is CC/C=C\C/C=C\C/C=C\C/C=C\CCCCCCCCCCCCCCCOCC(COC1OC(COC2OC(CO)C(O)C(O)C2O)C(O)C(O)C1O)OC(=O)CCCCCCC/C=C\CCCCC. The first-order valence-electron chi connectivity index (χ1n) is 28.4. The van der Waals surface area contributed by atoms with Crippen molar-refractivity contribution in [1.82, 2.24) is 0 Å². The lowest BCUT2D eigenvalue weighted by Gasteiger charge is -2.42. The Bertz CT molecular complexity index is 1420. The smallest absolute Gasteiger partial charge is 0.306 e. The van der Waals surface area contributed by atoms with Crippen LogP contribution in [0.4, 0.5) is 0 Å². The van der Waals surface area contributed by atoms with E-state index in [1.54, 1.807) is 0 Å². The molecule has 0 aromatic rings. The van der Waals surface area contributed by atoms with Crippen molar-refractivity contribution in [1.29, 1.82) is 0 Å². The lowest BCUT2D eigenvalue weighted by molar-refractivity contribution is -0.332. The van der Waals surface area contributed by atoms with E-state index in [1.165, 1.54) is 89.9 Å². The summed E-state index contributed by atoms with van der Waals surface area (Å²) in [6.07, 6.45) is 38.6. The molecule has 2 fully saturated rings.